The molecule has 1 aromatic carbocycles. The molecule has 0 spiro atoms. The molecule has 202 valence electrons. The lowest BCUT2D eigenvalue weighted by Gasteiger charge is -2.20. The summed E-state index contributed by atoms with van der Waals surface area (Å²) in [6, 6.07) is 5.23. The zero-order valence-electron chi connectivity index (χ0n) is 22.4. The molecule has 1 saturated carbocycles. The molecule has 0 radical (unpaired) electrons. The van der Waals surface area contributed by atoms with Gasteiger partial charge in [-0.1, -0.05) is 20.3 Å². The average molecular weight is 515 g/mol. The molecule has 1 fully saturated rings. The lowest BCUT2D eigenvalue weighted by atomic mass is 10.0. The quantitative estimate of drug-likeness (QED) is 0.488. The van der Waals surface area contributed by atoms with Gasteiger partial charge in [-0.3, -0.25) is 4.79 Å². The normalized spacial score (nSPS) is 14.1. The number of hydrogen-bond donors (Lipinski definition) is 2. The first-order chi connectivity index (χ1) is 17.5. The second-order valence-electron chi connectivity index (χ2n) is 10.3. The monoisotopic (exact) mass is 514 g/mol. The van der Waals surface area contributed by atoms with E-state index in [9.17, 15) is 19.5 Å². The van der Waals surface area contributed by atoms with Crippen LogP contribution in [-0.2, 0) is 11.3 Å². The topological polar surface area (TPSA) is 116 Å². The molecule has 9 nitrogen and oxygen atoms in total. The van der Waals surface area contributed by atoms with Gasteiger partial charge >= 0.3 is 12.1 Å². The van der Waals surface area contributed by atoms with Crippen molar-refractivity contribution in [2.75, 3.05) is 19.8 Å². The number of alkyl carbamates (subject to hydrolysis) is 1. The van der Waals surface area contributed by atoms with E-state index in [1.807, 2.05) is 32.9 Å². The fourth-order valence-electron chi connectivity index (χ4n) is 3.90. The number of aromatic nitrogens is 1. The number of nitrogens with one attached hydrogen (secondary N) is 1. The third-order valence-corrected chi connectivity index (χ3v) is 5.60. The van der Waals surface area contributed by atoms with Crippen LogP contribution in [0.15, 0.2) is 29.2 Å². The molecule has 0 bridgehead atoms. The predicted molar refractivity (Wildman–Crippen MR) is 141 cm³/mol. The lowest BCUT2D eigenvalue weighted by Crippen LogP contribution is -2.33. The number of rotatable bonds is 7. The van der Waals surface area contributed by atoms with Crippen molar-refractivity contribution in [3.8, 4) is 22.8 Å². The van der Waals surface area contributed by atoms with Gasteiger partial charge in [0, 0.05) is 30.4 Å². The molecule has 1 amide bonds. The van der Waals surface area contributed by atoms with Crippen molar-refractivity contribution in [3.63, 3.8) is 0 Å². The van der Waals surface area contributed by atoms with E-state index in [1.54, 1.807) is 4.57 Å². The summed E-state index contributed by atoms with van der Waals surface area (Å²) in [4.78, 5) is 35.5. The molecule has 9 heteroatoms. The minimum atomic E-state index is -1.24. The van der Waals surface area contributed by atoms with Crippen molar-refractivity contribution in [2.45, 2.75) is 78.4 Å². The zero-order valence-corrected chi connectivity index (χ0v) is 22.4. The number of aromatic carboxylic acids is 1. The van der Waals surface area contributed by atoms with Gasteiger partial charge in [-0.15, -0.1) is 0 Å². The second kappa shape index (κ2) is 12.2. The summed E-state index contributed by atoms with van der Waals surface area (Å²) in [5, 5.41) is 12.0. The fourth-order valence-corrected chi connectivity index (χ4v) is 3.90. The van der Waals surface area contributed by atoms with E-state index in [-0.39, 0.29) is 5.56 Å². The van der Waals surface area contributed by atoms with Crippen LogP contribution in [0.25, 0.3) is 11.3 Å². The minimum absolute atomic E-state index is 0.255. The van der Waals surface area contributed by atoms with Gasteiger partial charge < -0.3 is 29.2 Å². The first kappa shape index (κ1) is 28.1. The van der Waals surface area contributed by atoms with Gasteiger partial charge in [-0.05, 0) is 57.6 Å². The van der Waals surface area contributed by atoms with E-state index in [4.69, 9.17) is 14.2 Å². The Hall–Kier alpha value is -3.49. The number of amides is 1. The highest BCUT2D eigenvalue weighted by molar-refractivity contribution is 5.87. The predicted octanol–water partition coefficient (Wildman–Crippen LogP) is 5.19. The Kier molecular flexibility index (Phi) is 9.23. The summed E-state index contributed by atoms with van der Waals surface area (Å²) in [6.45, 7) is 11.3. The third-order valence-electron chi connectivity index (χ3n) is 5.60. The summed E-state index contributed by atoms with van der Waals surface area (Å²) >= 11 is 0. The van der Waals surface area contributed by atoms with Crippen molar-refractivity contribution in [2.24, 2.45) is 0 Å². The van der Waals surface area contributed by atoms with E-state index < -0.39 is 23.1 Å². The molecule has 2 aliphatic rings. The molecule has 0 unspecified atom stereocenters. The Morgan fingerprint density at radius 2 is 1.89 bits per heavy atom. The molecule has 4 rings (SSSR count). The van der Waals surface area contributed by atoms with Crippen LogP contribution in [0.3, 0.4) is 0 Å². The number of nitrogens with zero attached hydrogens (tertiary/aromatic N) is 1. The molecule has 1 aliphatic heterocycles. The average Bonchev–Trinajstić information content (AvgIpc) is 3.64. The molecule has 1 aliphatic carbocycles. The van der Waals surface area contributed by atoms with Crippen LogP contribution in [0.5, 0.6) is 11.5 Å². The molecule has 0 atom stereocenters. The van der Waals surface area contributed by atoms with Crippen molar-refractivity contribution in [3.05, 3.63) is 45.7 Å². The maximum absolute atomic E-state index is 12.4. The number of fused-ring (bicyclic) bond motifs is 3. The van der Waals surface area contributed by atoms with Crippen molar-refractivity contribution >= 4 is 12.1 Å². The van der Waals surface area contributed by atoms with Crippen molar-refractivity contribution in [1.29, 1.82) is 0 Å². The SMILES string of the molecule is CC(C)(C)OC(=O)NCCCOc1cc2c(cc1C1CC1)-c1cc(=O)c(C(=O)O)cn1CCO2.CCC. The van der Waals surface area contributed by atoms with Crippen molar-refractivity contribution < 1.29 is 28.9 Å². The minimum Gasteiger partial charge on any atom is -0.493 e. The molecule has 1 aromatic heterocycles. The number of carbonyl (C=O) groups is 2. The summed E-state index contributed by atoms with van der Waals surface area (Å²) < 4.78 is 19.0. The van der Waals surface area contributed by atoms with Crippen LogP contribution < -0.4 is 20.2 Å². The first-order valence-electron chi connectivity index (χ1n) is 12.9. The highest BCUT2D eigenvalue weighted by Gasteiger charge is 2.30. The smallest absolute Gasteiger partial charge is 0.407 e. The summed E-state index contributed by atoms with van der Waals surface area (Å²) in [6.07, 6.45) is 4.90. The van der Waals surface area contributed by atoms with Gasteiger partial charge in [0.1, 0.15) is 29.3 Å². The second-order valence-corrected chi connectivity index (χ2v) is 10.3. The number of hydrogen-bond acceptors (Lipinski definition) is 6. The third kappa shape index (κ3) is 7.74. The highest BCUT2D eigenvalue weighted by atomic mass is 16.6. The van der Waals surface area contributed by atoms with Gasteiger partial charge in [0.05, 0.1) is 18.8 Å². The number of benzene rings is 1. The number of pyridine rings is 1. The van der Waals surface area contributed by atoms with Crippen LogP contribution in [0.2, 0.25) is 0 Å². The maximum Gasteiger partial charge on any atom is 0.407 e. The first-order valence-corrected chi connectivity index (χ1v) is 12.9. The van der Waals surface area contributed by atoms with E-state index in [1.165, 1.54) is 18.7 Å². The van der Waals surface area contributed by atoms with E-state index in [0.717, 1.165) is 29.7 Å². The Morgan fingerprint density at radius 1 is 1.19 bits per heavy atom. The lowest BCUT2D eigenvalue weighted by molar-refractivity contribution is 0.0524. The van der Waals surface area contributed by atoms with Crippen LogP contribution in [0.1, 0.15) is 82.1 Å². The van der Waals surface area contributed by atoms with Crippen LogP contribution >= 0.6 is 0 Å². The molecule has 37 heavy (non-hydrogen) atoms. The van der Waals surface area contributed by atoms with Crippen LogP contribution in [-0.4, -0.2) is 47.1 Å². The largest absolute Gasteiger partial charge is 0.493 e. The highest BCUT2D eigenvalue weighted by Crippen LogP contribution is 2.48. The summed E-state index contributed by atoms with van der Waals surface area (Å²) in [5.41, 5.74) is 1.11. The molecule has 2 N–H and O–H groups in total. The summed E-state index contributed by atoms with van der Waals surface area (Å²) in [5.74, 6) is 0.465. The summed E-state index contributed by atoms with van der Waals surface area (Å²) in [7, 11) is 0. The maximum atomic E-state index is 12.4. The van der Waals surface area contributed by atoms with Gasteiger partial charge in [-0.25, -0.2) is 9.59 Å². The standard InChI is InChI=1S/C25H30N2O7.C3H8/c1-25(2,3)34-24(31)26-7-4-9-32-21-13-22-17(11-16(21)15-5-6-15)19-12-20(28)18(23(29)30)14-27(19)8-10-33-22;1-3-2/h11-15H,4-10H2,1-3H3,(H,26,31)(H,29,30);3H2,1-2H3. The Morgan fingerprint density at radius 3 is 2.51 bits per heavy atom. The van der Waals surface area contributed by atoms with Gasteiger partial charge in [0.25, 0.3) is 0 Å². The van der Waals surface area contributed by atoms with Gasteiger partial charge in [0.2, 0.25) is 0 Å². The van der Waals surface area contributed by atoms with E-state index >= 15 is 0 Å². The molecular formula is C28H38N2O7. The Labute approximate surface area is 217 Å². The molecule has 2 heterocycles. The fraction of sp³-hybridized carbons (Fsp3) is 0.536. The molecular weight excluding hydrogens is 476 g/mol. The van der Waals surface area contributed by atoms with Gasteiger partial charge in [-0.2, -0.15) is 0 Å². The van der Waals surface area contributed by atoms with Crippen LogP contribution in [0.4, 0.5) is 4.79 Å². The molecule has 2 aromatic rings. The Bertz CT molecular complexity index is 1180. The van der Waals surface area contributed by atoms with Gasteiger partial charge in [0.15, 0.2) is 5.43 Å². The molecule has 0 saturated heterocycles. The number of carboxylic acids is 1. The van der Waals surface area contributed by atoms with Crippen LogP contribution in [0, 0.1) is 0 Å². The number of ether oxygens (including phenoxy) is 3. The Balaban J connectivity index is 0.00000121. The van der Waals surface area contributed by atoms with Crippen molar-refractivity contribution in [1.82, 2.24) is 9.88 Å². The number of carbonyl (C=O) groups excluding carboxylic acids is 1. The van der Waals surface area contributed by atoms with E-state index in [2.05, 4.69) is 19.2 Å². The van der Waals surface area contributed by atoms with E-state index in [0.29, 0.717) is 50.1 Å². The number of carboxylic acid groups (broad SMARTS) is 1. The zero-order chi connectivity index (χ0) is 27.2.